The molecule has 7 heteroatoms. The number of carbonyl (C=O) groups is 1. The summed E-state index contributed by atoms with van der Waals surface area (Å²) in [7, 11) is 0. The van der Waals surface area contributed by atoms with Crippen molar-refractivity contribution in [1.29, 1.82) is 0 Å². The smallest absolute Gasteiger partial charge is 0.272 e. The number of nitro groups is 1. The van der Waals surface area contributed by atoms with Crippen molar-refractivity contribution in [3.63, 3.8) is 0 Å². The second kappa shape index (κ2) is 7.14. The van der Waals surface area contributed by atoms with Crippen LogP contribution in [0.5, 0.6) is 0 Å². The summed E-state index contributed by atoms with van der Waals surface area (Å²) in [4.78, 5) is 22.1. The van der Waals surface area contributed by atoms with E-state index in [-0.39, 0.29) is 24.3 Å². The molecule has 2 N–H and O–H groups in total. The molecule has 1 fully saturated rings. The molecular weight excluding hydrogens is 274 g/mol. The van der Waals surface area contributed by atoms with Crippen molar-refractivity contribution in [2.24, 2.45) is 0 Å². The third kappa shape index (κ3) is 4.51. The highest BCUT2D eigenvalue weighted by molar-refractivity contribution is 5.91. The van der Waals surface area contributed by atoms with Crippen molar-refractivity contribution in [3.05, 3.63) is 33.9 Å². The predicted octanol–water partition coefficient (Wildman–Crippen LogP) is 1.61. The zero-order valence-corrected chi connectivity index (χ0v) is 11.9. The molecule has 0 radical (unpaired) electrons. The van der Waals surface area contributed by atoms with E-state index in [2.05, 4.69) is 10.6 Å². The van der Waals surface area contributed by atoms with Gasteiger partial charge in [-0.1, -0.05) is 0 Å². The predicted molar refractivity (Wildman–Crippen MR) is 78.3 cm³/mol. The molecule has 7 nitrogen and oxygen atoms in total. The lowest BCUT2D eigenvalue weighted by Crippen LogP contribution is -2.34. The fraction of sp³-hybridized carbons (Fsp3) is 0.500. The average Bonchev–Trinajstić information content (AvgIpc) is 2.46. The van der Waals surface area contributed by atoms with E-state index in [1.165, 1.54) is 12.1 Å². The Hall–Kier alpha value is -1.99. The van der Waals surface area contributed by atoms with E-state index in [0.717, 1.165) is 25.9 Å². The number of nitro benzene ring substituents is 1. The third-order valence-corrected chi connectivity index (χ3v) is 3.41. The van der Waals surface area contributed by atoms with E-state index >= 15 is 0 Å². The van der Waals surface area contributed by atoms with E-state index in [1.807, 2.05) is 0 Å². The normalized spacial score (nSPS) is 15.7. The van der Waals surface area contributed by atoms with Crippen molar-refractivity contribution >= 4 is 17.3 Å². The summed E-state index contributed by atoms with van der Waals surface area (Å²) in [6.07, 6.45) is 1.93. The van der Waals surface area contributed by atoms with Gasteiger partial charge < -0.3 is 15.4 Å². The van der Waals surface area contributed by atoms with Gasteiger partial charge in [0.25, 0.3) is 5.69 Å². The molecule has 0 unspecified atom stereocenters. The van der Waals surface area contributed by atoms with Gasteiger partial charge in [-0.15, -0.1) is 0 Å². The van der Waals surface area contributed by atoms with E-state index < -0.39 is 4.92 Å². The molecule has 0 aliphatic carbocycles. The molecule has 2 rings (SSSR count). The summed E-state index contributed by atoms with van der Waals surface area (Å²) in [5, 5.41) is 16.6. The molecule has 0 bridgehead atoms. The first-order chi connectivity index (χ1) is 10.1. The molecule has 1 saturated heterocycles. The minimum Gasteiger partial charge on any atom is -0.368 e. The average molecular weight is 293 g/mol. The molecule has 1 aliphatic heterocycles. The number of benzene rings is 1. The van der Waals surface area contributed by atoms with E-state index in [1.54, 1.807) is 13.0 Å². The standard InChI is InChI=1S/C14H19N3O4/c1-10-8-11(2-3-13(10)17(19)20)16-14(18)9-21-12-4-6-15-7-5-12/h2-3,8,12,15H,4-7,9H2,1H3,(H,16,18). The molecule has 1 heterocycles. The maximum absolute atomic E-state index is 11.8. The van der Waals surface area contributed by atoms with E-state index in [4.69, 9.17) is 4.74 Å². The summed E-state index contributed by atoms with van der Waals surface area (Å²) >= 11 is 0. The number of anilines is 1. The Bertz CT molecular complexity index is 527. The van der Waals surface area contributed by atoms with Gasteiger partial charge in [-0.2, -0.15) is 0 Å². The fourth-order valence-electron chi connectivity index (χ4n) is 2.29. The Kier molecular flexibility index (Phi) is 5.24. The number of carbonyl (C=O) groups excluding carboxylic acids is 1. The van der Waals surface area contributed by atoms with Crippen LogP contribution >= 0.6 is 0 Å². The summed E-state index contributed by atoms with van der Waals surface area (Å²) in [5.74, 6) is -0.248. The van der Waals surface area contributed by atoms with Crippen LogP contribution in [0.2, 0.25) is 0 Å². The number of ether oxygens (including phenoxy) is 1. The first-order valence-corrected chi connectivity index (χ1v) is 6.93. The highest BCUT2D eigenvalue weighted by atomic mass is 16.6. The Morgan fingerprint density at radius 3 is 2.81 bits per heavy atom. The van der Waals surface area contributed by atoms with Crippen LogP contribution < -0.4 is 10.6 Å². The zero-order chi connectivity index (χ0) is 15.2. The lowest BCUT2D eigenvalue weighted by Gasteiger charge is -2.22. The van der Waals surface area contributed by atoms with E-state index in [0.29, 0.717) is 11.3 Å². The highest BCUT2D eigenvalue weighted by Crippen LogP contribution is 2.21. The van der Waals surface area contributed by atoms with Crippen LogP contribution in [-0.4, -0.2) is 36.6 Å². The highest BCUT2D eigenvalue weighted by Gasteiger charge is 2.15. The number of amides is 1. The van der Waals surface area contributed by atoms with Crippen LogP contribution in [0, 0.1) is 17.0 Å². The van der Waals surface area contributed by atoms with Crippen molar-refractivity contribution in [2.45, 2.75) is 25.9 Å². The molecule has 1 aliphatic rings. The Morgan fingerprint density at radius 2 is 2.19 bits per heavy atom. The molecule has 0 aromatic heterocycles. The van der Waals surface area contributed by atoms with E-state index in [9.17, 15) is 14.9 Å². The van der Waals surface area contributed by atoms with Gasteiger partial charge in [0.05, 0.1) is 11.0 Å². The van der Waals surface area contributed by atoms with Crippen LogP contribution in [0.4, 0.5) is 11.4 Å². The lowest BCUT2D eigenvalue weighted by molar-refractivity contribution is -0.385. The minimum absolute atomic E-state index is 0.000696. The van der Waals surface area contributed by atoms with Gasteiger partial charge in [-0.25, -0.2) is 0 Å². The molecular formula is C14H19N3O4. The Balaban J connectivity index is 1.84. The topological polar surface area (TPSA) is 93.5 Å². The molecule has 0 atom stereocenters. The minimum atomic E-state index is -0.443. The van der Waals surface area contributed by atoms with Gasteiger partial charge in [0.15, 0.2) is 0 Å². The maximum Gasteiger partial charge on any atom is 0.272 e. The molecule has 114 valence electrons. The molecule has 1 aromatic rings. The Morgan fingerprint density at radius 1 is 1.48 bits per heavy atom. The second-order valence-electron chi connectivity index (χ2n) is 5.07. The SMILES string of the molecule is Cc1cc(NC(=O)COC2CCNCC2)ccc1[N+](=O)[O-]. The number of nitrogens with zero attached hydrogens (tertiary/aromatic N) is 1. The number of hydrogen-bond acceptors (Lipinski definition) is 5. The third-order valence-electron chi connectivity index (χ3n) is 3.41. The van der Waals surface area contributed by atoms with Crippen molar-refractivity contribution in [3.8, 4) is 0 Å². The van der Waals surface area contributed by atoms with Crippen LogP contribution in [0.1, 0.15) is 18.4 Å². The number of rotatable bonds is 5. The van der Waals surface area contributed by atoms with Crippen LogP contribution in [0.3, 0.4) is 0 Å². The molecule has 0 saturated carbocycles. The lowest BCUT2D eigenvalue weighted by atomic mass is 10.1. The number of hydrogen-bond donors (Lipinski definition) is 2. The molecule has 1 aromatic carbocycles. The van der Waals surface area contributed by atoms with Crippen LogP contribution in [0.15, 0.2) is 18.2 Å². The molecule has 1 amide bonds. The quantitative estimate of drug-likeness (QED) is 0.635. The van der Waals surface area contributed by atoms with Gasteiger partial charge in [0.2, 0.25) is 5.91 Å². The summed E-state index contributed by atoms with van der Waals surface area (Å²) < 4.78 is 5.55. The molecule has 0 spiro atoms. The van der Waals surface area contributed by atoms with Gasteiger partial charge in [-0.3, -0.25) is 14.9 Å². The van der Waals surface area contributed by atoms with Gasteiger partial charge in [0.1, 0.15) is 6.61 Å². The fourth-order valence-corrected chi connectivity index (χ4v) is 2.29. The van der Waals surface area contributed by atoms with Crippen molar-refractivity contribution in [1.82, 2.24) is 5.32 Å². The second-order valence-corrected chi connectivity index (χ2v) is 5.07. The maximum atomic E-state index is 11.8. The number of aryl methyl sites for hydroxylation is 1. The monoisotopic (exact) mass is 293 g/mol. The largest absolute Gasteiger partial charge is 0.368 e. The summed E-state index contributed by atoms with van der Waals surface area (Å²) in [6, 6.07) is 4.49. The van der Waals surface area contributed by atoms with Crippen LogP contribution in [0.25, 0.3) is 0 Å². The van der Waals surface area contributed by atoms with Crippen molar-refractivity contribution < 1.29 is 14.5 Å². The van der Waals surface area contributed by atoms with Gasteiger partial charge in [0, 0.05) is 17.3 Å². The Labute approximate surface area is 122 Å². The first-order valence-electron chi connectivity index (χ1n) is 6.93. The van der Waals surface area contributed by atoms with Gasteiger partial charge >= 0.3 is 0 Å². The summed E-state index contributed by atoms with van der Waals surface area (Å²) in [5.41, 5.74) is 1.09. The number of piperidine rings is 1. The zero-order valence-electron chi connectivity index (χ0n) is 11.9. The van der Waals surface area contributed by atoms with Crippen LogP contribution in [-0.2, 0) is 9.53 Å². The van der Waals surface area contributed by atoms with Crippen molar-refractivity contribution in [2.75, 3.05) is 25.0 Å². The number of nitrogens with one attached hydrogen (secondary N) is 2. The molecule has 21 heavy (non-hydrogen) atoms. The summed E-state index contributed by atoms with van der Waals surface area (Å²) in [6.45, 7) is 3.46. The van der Waals surface area contributed by atoms with Gasteiger partial charge in [-0.05, 0) is 45.0 Å². The first kappa shape index (κ1) is 15.4.